The van der Waals surface area contributed by atoms with Crippen molar-refractivity contribution < 1.29 is 4.57 Å². The van der Waals surface area contributed by atoms with Crippen LogP contribution in [0.3, 0.4) is 0 Å². The van der Waals surface area contributed by atoms with Gasteiger partial charge in [-0.15, -0.1) is 0 Å². The van der Waals surface area contributed by atoms with Crippen LogP contribution in [0.1, 0.15) is 75.3 Å². The van der Waals surface area contributed by atoms with Gasteiger partial charge in [-0.2, -0.15) is 0 Å². The lowest BCUT2D eigenvalue weighted by molar-refractivity contribution is 0.529. The zero-order valence-corrected chi connectivity index (χ0v) is 18.8. The molecule has 3 rings (SSSR count). The van der Waals surface area contributed by atoms with Gasteiger partial charge in [0.05, 0.1) is 7.14 Å². The van der Waals surface area contributed by atoms with Gasteiger partial charge in [0.15, 0.2) is 0 Å². The highest BCUT2D eigenvalue weighted by molar-refractivity contribution is 7.61. The third kappa shape index (κ3) is 6.35. The van der Waals surface area contributed by atoms with Crippen LogP contribution in [0.2, 0.25) is 0 Å². The number of hydrogen-bond acceptors (Lipinski definition) is 1. The quantitative estimate of drug-likeness (QED) is 0.470. The van der Waals surface area contributed by atoms with E-state index in [4.69, 9.17) is 0 Å². The van der Waals surface area contributed by atoms with Gasteiger partial charge in [0.25, 0.3) is 0 Å². The molecule has 1 aromatic carbocycles. The molecule has 0 heterocycles. The highest BCUT2D eigenvalue weighted by Crippen LogP contribution is 2.41. The van der Waals surface area contributed by atoms with Gasteiger partial charge >= 0.3 is 0 Å². The van der Waals surface area contributed by atoms with E-state index in [-0.39, 0.29) is 0 Å². The maximum atomic E-state index is 12.2. The Kier molecular flexibility index (Phi) is 7.58. The maximum absolute atomic E-state index is 12.2. The van der Waals surface area contributed by atoms with Crippen LogP contribution < -0.4 is 0 Å². The molecular formula is C26H37OP. The Morgan fingerprint density at radius 3 is 2.50 bits per heavy atom. The summed E-state index contributed by atoms with van der Waals surface area (Å²) in [5, 5.41) is 0. The van der Waals surface area contributed by atoms with Gasteiger partial charge in [-0.25, -0.2) is 0 Å². The Labute approximate surface area is 172 Å². The Hall–Kier alpha value is -1.33. The molecule has 1 saturated carbocycles. The summed E-state index contributed by atoms with van der Waals surface area (Å²) in [6.07, 6.45) is 17.9. The minimum atomic E-state index is -2.03. The molecule has 152 valence electrons. The first-order valence-corrected chi connectivity index (χ1v) is 13.9. The number of hydrogen-bond donors (Lipinski definition) is 0. The molecule has 0 N–H and O–H groups in total. The van der Waals surface area contributed by atoms with Crippen LogP contribution in [-0.2, 0) is 10.7 Å². The van der Waals surface area contributed by atoms with Gasteiger partial charge < -0.3 is 4.57 Å². The molecule has 2 aliphatic carbocycles. The van der Waals surface area contributed by atoms with E-state index in [2.05, 4.69) is 43.0 Å². The lowest BCUT2D eigenvalue weighted by atomic mass is 9.82. The molecular weight excluding hydrogens is 359 g/mol. The van der Waals surface area contributed by atoms with Crippen molar-refractivity contribution in [1.29, 1.82) is 0 Å². The molecule has 0 amide bonds. The first kappa shape index (κ1) is 21.4. The van der Waals surface area contributed by atoms with Gasteiger partial charge in [0.1, 0.15) is 0 Å². The van der Waals surface area contributed by atoms with Gasteiger partial charge in [-0.1, -0.05) is 73.4 Å². The molecule has 1 unspecified atom stereocenters. The first-order valence-electron chi connectivity index (χ1n) is 11.1. The van der Waals surface area contributed by atoms with Crippen molar-refractivity contribution in [3.8, 4) is 0 Å². The molecule has 2 bridgehead atoms. The van der Waals surface area contributed by atoms with Crippen LogP contribution in [-0.4, -0.2) is 13.3 Å². The summed E-state index contributed by atoms with van der Waals surface area (Å²) >= 11 is 0. The van der Waals surface area contributed by atoms with Crippen LogP contribution in [0.4, 0.5) is 0 Å². The fourth-order valence-corrected chi connectivity index (χ4v) is 5.81. The fraction of sp³-hybridized carbons (Fsp3) is 0.538. The third-order valence-electron chi connectivity index (χ3n) is 6.22. The highest BCUT2D eigenvalue weighted by atomic mass is 31.2. The molecule has 28 heavy (non-hydrogen) atoms. The standard InChI is InChI=1S/C26H37OP/c1-21-11-7-6-10-14-26(25-13-9-5-4-8-12-24(21)19-25)23-17-15-22(16-18-23)20-28(2,3)27/h7,11,15-18,24H,1,4-6,8-10,12-14,19-20H2,2-3H3/b11-7-,26-25+. The van der Waals surface area contributed by atoms with E-state index in [9.17, 15) is 4.57 Å². The second kappa shape index (κ2) is 9.93. The maximum Gasteiger partial charge on any atom is 0.0861 e. The van der Waals surface area contributed by atoms with E-state index in [1.54, 1.807) is 11.1 Å². The minimum absolute atomic E-state index is 0.600. The first-order chi connectivity index (χ1) is 13.4. The predicted molar refractivity (Wildman–Crippen MR) is 124 cm³/mol. The fourth-order valence-electron chi connectivity index (χ4n) is 4.72. The van der Waals surface area contributed by atoms with Gasteiger partial charge in [0.2, 0.25) is 0 Å². The van der Waals surface area contributed by atoms with Gasteiger partial charge in [0, 0.05) is 6.16 Å². The summed E-state index contributed by atoms with van der Waals surface area (Å²) in [6, 6.07) is 8.97. The van der Waals surface area contributed by atoms with Crippen LogP contribution in [0.15, 0.2) is 54.1 Å². The number of benzene rings is 1. The minimum Gasteiger partial charge on any atom is -0.324 e. The molecule has 1 nitrogen and oxygen atoms in total. The normalized spacial score (nSPS) is 26.1. The molecule has 1 atom stereocenters. The molecule has 0 aliphatic heterocycles. The van der Waals surface area contributed by atoms with Crippen molar-refractivity contribution in [2.24, 2.45) is 5.92 Å². The predicted octanol–water partition coefficient (Wildman–Crippen LogP) is 8.22. The zero-order valence-electron chi connectivity index (χ0n) is 17.9. The van der Waals surface area contributed by atoms with E-state index < -0.39 is 7.14 Å². The average molecular weight is 397 g/mol. The average Bonchev–Trinajstić information content (AvgIpc) is 2.76. The molecule has 0 spiro atoms. The summed E-state index contributed by atoms with van der Waals surface area (Å²) in [6.45, 7) is 8.18. The van der Waals surface area contributed by atoms with Crippen LogP contribution in [0, 0.1) is 5.92 Å². The Morgan fingerprint density at radius 2 is 1.75 bits per heavy atom. The topological polar surface area (TPSA) is 17.1 Å². The van der Waals surface area contributed by atoms with E-state index in [1.807, 2.05) is 13.3 Å². The lowest BCUT2D eigenvalue weighted by Crippen LogP contribution is -2.06. The molecule has 0 aromatic heterocycles. The van der Waals surface area contributed by atoms with E-state index in [1.165, 1.54) is 68.1 Å². The smallest absolute Gasteiger partial charge is 0.0861 e. The largest absolute Gasteiger partial charge is 0.324 e. The van der Waals surface area contributed by atoms with Crippen molar-refractivity contribution in [3.63, 3.8) is 0 Å². The van der Waals surface area contributed by atoms with E-state index in [0.29, 0.717) is 12.1 Å². The van der Waals surface area contributed by atoms with Crippen molar-refractivity contribution in [2.45, 2.75) is 70.4 Å². The summed E-state index contributed by atoms with van der Waals surface area (Å²) in [4.78, 5) is 0. The summed E-state index contributed by atoms with van der Waals surface area (Å²) in [5.41, 5.74) is 7.17. The highest BCUT2D eigenvalue weighted by Gasteiger charge is 2.19. The zero-order chi connectivity index (χ0) is 20.0. The van der Waals surface area contributed by atoms with Crippen molar-refractivity contribution in [3.05, 3.63) is 65.3 Å². The van der Waals surface area contributed by atoms with Crippen LogP contribution >= 0.6 is 7.14 Å². The Balaban J connectivity index is 1.94. The van der Waals surface area contributed by atoms with E-state index in [0.717, 1.165) is 12.8 Å². The Bertz CT molecular complexity index is 775. The summed E-state index contributed by atoms with van der Waals surface area (Å²) in [7, 11) is -2.03. The summed E-state index contributed by atoms with van der Waals surface area (Å²) in [5.74, 6) is 0.600. The number of fused-ring (bicyclic) bond motifs is 2. The van der Waals surface area contributed by atoms with Crippen molar-refractivity contribution in [2.75, 3.05) is 13.3 Å². The van der Waals surface area contributed by atoms with Gasteiger partial charge in [-0.05, 0) is 80.9 Å². The summed E-state index contributed by atoms with van der Waals surface area (Å²) < 4.78 is 12.2. The second-order valence-electron chi connectivity index (χ2n) is 9.23. The Morgan fingerprint density at radius 1 is 1.00 bits per heavy atom. The lowest BCUT2D eigenvalue weighted by Gasteiger charge is -2.23. The molecule has 2 heteroatoms. The number of rotatable bonds is 3. The van der Waals surface area contributed by atoms with E-state index >= 15 is 0 Å². The molecule has 0 saturated heterocycles. The molecule has 1 aromatic rings. The third-order valence-corrected chi connectivity index (χ3v) is 7.35. The number of allylic oxidation sites excluding steroid dienone is 5. The SMILES string of the molecule is C=C1/C=C\CCC/C(c2ccc(CP(C)(C)=O)cc2)=C2/CCCCCCC1C2. The van der Waals surface area contributed by atoms with Crippen molar-refractivity contribution in [1.82, 2.24) is 0 Å². The monoisotopic (exact) mass is 396 g/mol. The molecule has 0 radical (unpaired) electrons. The van der Waals surface area contributed by atoms with Crippen molar-refractivity contribution >= 4 is 12.7 Å². The molecule has 2 aliphatic rings. The molecule has 1 fully saturated rings. The van der Waals surface area contributed by atoms with Gasteiger partial charge in [-0.3, -0.25) is 0 Å². The van der Waals surface area contributed by atoms with Crippen LogP contribution in [0.5, 0.6) is 0 Å². The van der Waals surface area contributed by atoms with Crippen LogP contribution in [0.25, 0.3) is 5.57 Å². The second-order valence-corrected chi connectivity index (χ2v) is 12.7.